The Morgan fingerprint density at radius 1 is 1.13 bits per heavy atom. The molecule has 0 fully saturated rings. The molecule has 10 heteroatoms. The van der Waals surface area contributed by atoms with E-state index < -0.39 is 16.1 Å². The molecule has 0 spiro atoms. The van der Waals surface area contributed by atoms with Gasteiger partial charge >= 0.3 is 0 Å². The van der Waals surface area contributed by atoms with Crippen molar-refractivity contribution in [3.63, 3.8) is 0 Å². The van der Waals surface area contributed by atoms with Gasteiger partial charge < -0.3 is 15.0 Å². The van der Waals surface area contributed by atoms with E-state index in [0.717, 1.165) is 11.8 Å². The van der Waals surface area contributed by atoms with Gasteiger partial charge in [-0.15, -0.1) is 0 Å². The monoisotopic (exact) mass is 565 g/mol. The third-order valence-electron chi connectivity index (χ3n) is 6.22. The lowest BCUT2D eigenvalue weighted by molar-refractivity contribution is -0.141. The second kappa shape index (κ2) is 14.4. The molecule has 0 aromatic heterocycles. The van der Waals surface area contributed by atoms with E-state index in [9.17, 15) is 18.0 Å². The molecule has 0 radical (unpaired) electrons. The van der Waals surface area contributed by atoms with E-state index in [0.29, 0.717) is 35.0 Å². The van der Waals surface area contributed by atoms with Crippen LogP contribution in [0, 0.1) is 12.8 Å². The zero-order valence-corrected chi connectivity index (χ0v) is 24.7. The lowest BCUT2D eigenvalue weighted by atomic mass is 10.1. The predicted octanol–water partition coefficient (Wildman–Crippen LogP) is 4.78. The van der Waals surface area contributed by atoms with Gasteiger partial charge in [-0.05, 0) is 61.1 Å². The van der Waals surface area contributed by atoms with Crippen molar-refractivity contribution < 1.29 is 22.7 Å². The molecule has 0 saturated carbocycles. The third kappa shape index (κ3) is 8.91. The molecule has 210 valence electrons. The van der Waals surface area contributed by atoms with Gasteiger partial charge in [-0.25, -0.2) is 8.42 Å². The molecule has 2 aromatic carbocycles. The van der Waals surface area contributed by atoms with E-state index in [4.69, 9.17) is 16.3 Å². The van der Waals surface area contributed by atoms with Crippen molar-refractivity contribution in [1.29, 1.82) is 0 Å². The zero-order chi connectivity index (χ0) is 28.5. The number of sulfonamides is 1. The van der Waals surface area contributed by atoms with Crippen LogP contribution in [0.1, 0.15) is 51.2 Å². The van der Waals surface area contributed by atoms with Gasteiger partial charge in [0.1, 0.15) is 11.8 Å². The third-order valence-corrected chi connectivity index (χ3v) is 7.81. The number of methoxy groups -OCH3 is 1. The maximum absolute atomic E-state index is 13.6. The fourth-order valence-corrected chi connectivity index (χ4v) is 5.34. The average Bonchev–Trinajstić information content (AvgIpc) is 2.86. The quantitative estimate of drug-likeness (QED) is 0.355. The van der Waals surface area contributed by atoms with Gasteiger partial charge in [0.2, 0.25) is 21.8 Å². The Kier molecular flexibility index (Phi) is 11.9. The van der Waals surface area contributed by atoms with Crippen LogP contribution in [0.5, 0.6) is 5.75 Å². The van der Waals surface area contributed by atoms with Crippen molar-refractivity contribution in [1.82, 2.24) is 10.2 Å². The highest BCUT2D eigenvalue weighted by Crippen LogP contribution is 2.28. The Bertz CT molecular complexity index is 1200. The van der Waals surface area contributed by atoms with Crippen LogP contribution >= 0.6 is 11.6 Å². The van der Waals surface area contributed by atoms with Crippen LogP contribution in [-0.4, -0.2) is 57.6 Å². The molecule has 2 aromatic rings. The molecule has 8 nitrogen and oxygen atoms in total. The normalized spacial score (nSPS) is 12.2. The van der Waals surface area contributed by atoms with Crippen molar-refractivity contribution in [2.75, 3.05) is 30.8 Å². The summed E-state index contributed by atoms with van der Waals surface area (Å²) in [6.07, 6.45) is 1.92. The van der Waals surface area contributed by atoms with E-state index in [2.05, 4.69) is 5.32 Å². The molecule has 0 bridgehead atoms. The Balaban J connectivity index is 2.26. The molecular formula is C28H40ClN3O5S. The molecule has 0 aliphatic rings. The number of hydrogen-bond acceptors (Lipinski definition) is 5. The average molecular weight is 566 g/mol. The molecule has 0 aliphatic heterocycles. The largest absolute Gasteiger partial charge is 0.497 e. The minimum Gasteiger partial charge on any atom is -0.497 e. The summed E-state index contributed by atoms with van der Waals surface area (Å²) < 4.78 is 31.8. The number of halogens is 1. The fourth-order valence-electron chi connectivity index (χ4n) is 4.16. The van der Waals surface area contributed by atoms with Crippen LogP contribution in [0.25, 0.3) is 0 Å². The van der Waals surface area contributed by atoms with Crippen LogP contribution in [0.2, 0.25) is 5.02 Å². The first-order valence-corrected chi connectivity index (χ1v) is 15.0. The highest BCUT2D eigenvalue weighted by Gasteiger charge is 2.29. The predicted molar refractivity (Wildman–Crippen MR) is 153 cm³/mol. The summed E-state index contributed by atoms with van der Waals surface area (Å²) in [6.45, 7) is 8.50. The topological polar surface area (TPSA) is 96.0 Å². The number of hydrogen-bond donors (Lipinski definition) is 1. The summed E-state index contributed by atoms with van der Waals surface area (Å²) in [4.78, 5) is 28.2. The van der Waals surface area contributed by atoms with Gasteiger partial charge in [-0.1, -0.05) is 50.6 Å². The standard InChI is InChI=1S/C28H40ClN3O5S/c1-7-25(28(34)30-18-20(2)3)31(19-22-11-8-12-23(17-22)37-5)27(33)15-10-16-32(38(6,35)36)26-14-9-13-24(29)21(26)4/h8-9,11-14,17,20,25H,7,10,15-16,18-19H2,1-6H3,(H,30,34)/t25-/m1/s1. The Morgan fingerprint density at radius 2 is 1.82 bits per heavy atom. The Labute approximate surface area is 232 Å². The number of ether oxygens (including phenoxy) is 1. The van der Waals surface area contributed by atoms with Crippen molar-refractivity contribution in [3.8, 4) is 5.75 Å². The molecule has 0 saturated heterocycles. The van der Waals surface area contributed by atoms with Gasteiger partial charge in [-0.3, -0.25) is 13.9 Å². The summed E-state index contributed by atoms with van der Waals surface area (Å²) in [6, 6.07) is 11.8. The van der Waals surface area contributed by atoms with Gasteiger partial charge in [-0.2, -0.15) is 0 Å². The second-order valence-corrected chi connectivity index (χ2v) is 12.1. The lowest BCUT2D eigenvalue weighted by Gasteiger charge is -2.31. The Hall–Kier alpha value is -2.78. The summed E-state index contributed by atoms with van der Waals surface area (Å²) in [5, 5.41) is 3.41. The van der Waals surface area contributed by atoms with Crippen molar-refractivity contribution in [2.24, 2.45) is 5.92 Å². The lowest BCUT2D eigenvalue weighted by Crippen LogP contribution is -2.49. The van der Waals surface area contributed by atoms with Gasteiger partial charge in [0.25, 0.3) is 0 Å². The van der Waals surface area contributed by atoms with E-state index in [1.807, 2.05) is 45.0 Å². The molecule has 2 amide bonds. The number of rotatable bonds is 14. The van der Waals surface area contributed by atoms with Crippen LogP contribution in [0.15, 0.2) is 42.5 Å². The van der Waals surface area contributed by atoms with E-state index in [-0.39, 0.29) is 43.7 Å². The SMILES string of the molecule is CC[C@H](C(=O)NCC(C)C)N(Cc1cccc(OC)c1)C(=O)CCCN(c1cccc(Cl)c1C)S(C)(=O)=O. The minimum atomic E-state index is -3.61. The molecule has 0 unspecified atom stereocenters. The molecule has 0 heterocycles. The van der Waals surface area contributed by atoms with Crippen molar-refractivity contribution >= 4 is 39.1 Å². The van der Waals surface area contributed by atoms with Gasteiger partial charge in [0.05, 0.1) is 19.1 Å². The fraction of sp³-hybridized carbons (Fsp3) is 0.500. The van der Waals surface area contributed by atoms with E-state index in [1.165, 1.54) is 4.31 Å². The van der Waals surface area contributed by atoms with E-state index in [1.54, 1.807) is 37.1 Å². The molecule has 38 heavy (non-hydrogen) atoms. The minimum absolute atomic E-state index is 0.0730. The van der Waals surface area contributed by atoms with Crippen molar-refractivity contribution in [3.05, 3.63) is 58.6 Å². The number of carbonyl (C=O) groups is 2. The summed E-state index contributed by atoms with van der Waals surface area (Å²) in [5.74, 6) is 0.504. The molecule has 2 rings (SSSR count). The highest BCUT2D eigenvalue weighted by atomic mass is 35.5. The number of carbonyl (C=O) groups excluding carboxylic acids is 2. The first-order valence-electron chi connectivity index (χ1n) is 12.8. The molecule has 0 aliphatic carbocycles. The van der Waals surface area contributed by atoms with Gasteiger partial charge in [0.15, 0.2) is 0 Å². The number of benzene rings is 2. The van der Waals surface area contributed by atoms with Crippen LogP contribution < -0.4 is 14.4 Å². The van der Waals surface area contributed by atoms with Crippen molar-refractivity contribution in [2.45, 2.75) is 59.5 Å². The summed E-state index contributed by atoms with van der Waals surface area (Å²) >= 11 is 6.23. The Morgan fingerprint density at radius 3 is 2.42 bits per heavy atom. The van der Waals surface area contributed by atoms with Crippen LogP contribution in [-0.2, 0) is 26.2 Å². The zero-order valence-electron chi connectivity index (χ0n) is 23.2. The van der Waals surface area contributed by atoms with E-state index >= 15 is 0 Å². The summed E-state index contributed by atoms with van der Waals surface area (Å²) in [7, 11) is -2.04. The maximum Gasteiger partial charge on any atom is 0.242 e. The van der Waals surface area contributed by atoms with Crippen LogP contribution in [0.3, 0.4) is 0 Å². The summed E-state index contributed by atoms with van der Waals surface area (Å²) in [5.41, 5.74) is 1.97. The first-order chi connectivity index (χ1) is 17.9. The molecular weight excluding hydrogens is 526 g/mol. The maximum atomic E-state index is 13.6. The number of nitrogens with one attached hydrogen (secondary N) is 1. The highest BCUT2D eigenvalue weighted by molar-refractivity contribution is 7.92. The molecule has 1 N–H and O–H groups in total. The number of nitrogens with zero attached hydrogens (tertiary/aromatic N) is 2. The smallest absolute Gasteiger partial charge is 0.242 e. The van der Waals surface area contributed by atoms with Crippen LogP contribution in [0.4, 0.5) is 5.69 Å². The second-order valence-electron chi connectivity index (χ2n) is 9.76. The van der Waals surface area contributed by atoms with Gasteiger partial charge in [0, 0.05) is 31.1 Å². The number of amides is 2. The molecule has 1 atom stereocenters. The number of anilines is 1. The first kappa shape index (κ1) is 31.4.